The van der Waals surface area contributed by atoms with E-state index in [1.54, 1.807) is 17.7 Å². The van der Waals surface area contributed by atoms with Crippen LogP contribution in [-0.2, 0) is 4.74 Å². The summed E-state index contributed by atoms with van der Waals surface area (Å²) in [7, 11) is 0. The molecule has 20 heavy (non-hydrogen) atoms. The highest BCUT2D eigenvalue weighted by Crippen LogP contribution is 2.28. The van der Waals surface area contributed by atoms with E-state index < -0.39 is 0 Å². The highest BCUT2D eigenvalue weighted by atomic mass is 32.1. The van der Waals surface area contributed by atoms with Crippen LogP contribution in [0.5, 0.6) is 0 Å². The number of aromatic nitrogens is 4. The van der Waals surface area contributed by atoms with Crippen LogP contribution in [0, 0.1) is 0 Å². The van der Waals surface area contributed by atoms with Gasteiger partial charge in [0, 0.05) is 13.1 Å². The second-order valence-electron chi connectivity index (χ2n) is 4.55. The molecule has 3 aromatic heterocycles. The summed E-state index contributed by atoms with van der Waals surface area (Å²) < 4.78 is 5.41. The summed E-state index contributed by atoms with van der Waals surface area (Å²) in [4.78, 5) is 20.0. The SMILES string of the molecule is c1csc(-c2nc(N3CCOCC3)c3[nH]cnc3n2)c1. The Morgan fingerprint density at radius 3 is 2.95 bits per heavy atom. The molecule has 3 aromatic rings. The first-order valence-electron chi connectivity index (χ1n) is 6.49. The molecule has 1 N–H and O–H groups in total. The molecule has 0 aliphatic carbocycles. The van der Waals surface area contributed by atoms with E-state index in [0.29, 0.717) is 5.65 Å². The van der Waals surface area contributed by atoms with Gasteiger partial charge in [0.15, 0.2) is 17.3 Å². The summed E-state index contributed by atoms with van der Waals surface area (Å²) >= 11 is 1.64. The lowest BCUT2D eigenvalue weighted by molar-refractivity contribution is 0.122. The number of hydrogen-bond acceptors (Lipinski definition) is 6. The van der Waals surface area contributed by atoms with E-state index in [1.807, 2.05) is 17.5 Å². The molecule has 0 bridgehead atoms. The molecule has 4 heterocycles. The maximum absolute atomic E-state index is 5.41. The molecule has 7 heteroatoms. The van der Waals surface area contributed by atoms with Crippen molar-refractivity contribution in [2.45, 2.75) is 0 Å². The monoisotopic (exact) mass is 287 g/mol. The maximum atomic E-state index is 5.41. The molecule has 0 amide bonds. The second kappa shape index (κ2) is 4.84. The van der Waals surface area contributed by atoms with Crippen LogP contribution in [0.2, 0.25) is 0 Å². The van der Waals surface area contributed by atoms with Crippen molar-refractivity contribution in [2.24, 2.45) is 0 Å². The third kappa shape index (κ3) is 1.95. The van der Waals surface area contributed by atoms with Gasteiger partial charge in [0.2, 0.25) is 0 Å². The largest absolute Gasteiger partial charge is 0.378 e. The van der Waals surface area contributed by atoms with Gasteiger partial charge < -0.3 is 14.6 Å². The van der Waals surface area contributed by atoms with Gasteiger partial charge in [-0.05, 0) is 11.4 Å². The lowest BCUT2D eigenvalue weighted by atomic mass is 10.3. The number of anilines is 1. The van der Waals surface area contributed by atoms with E-state index in [-0.39, 0.29) is 0 Å². The Bertz CT molecular complexity index is 718. The Labute approximate surface area is 119 Å². The van der Waals surface area contributed by atoms with Crippen LogP contribution in [0.3, 0.4) is 0 Å². The van der Waals surface area contributed by atoms with Crippen molar-refractivity contribution >= 4 is 28.3 Å². The first kappa shape index (κ1) is 11.8. The minimum atomic E-state index is 0.713. The summed E-state index contributed by atoms with van der Waals surface area (Å²) in [6, 6.07) is 4.04. The maximum Gasteiger partial charge on any atom is 0.183 e. The molecule has 1 saturated heterocycles. The molecular weight excluding hydrogens is 274 g/mol. The Hall–Kier alpha value is -1.99. The summed E-state index contributed by atoms with van der Waals surface area (Å²) in [6.07, 6.45) is 1.67. The molecular formula is C13H13N5OS. The molecule has 0 radical (unpaired) electrons. The number of nitrogens with one attached hydrogen (secondary N) is 1. The molecule has 1 fully saturated rings. The van der Waals surface area contributed by atoms with Crippen LogP contribution < -0.4 is 4.90 Å². The van der Waals surface area contributed by atoms with Gasteiger partial charge >= 0.3 is 0 Å². The van der Waals surface area contributed by atoms with Crippen LogP contribution in [0.1, 0.15) is 0 Å². The molecule has 0 spiro atoms. The van der Waals surface area contributed by atoms with E-state index in [2.05, 4.69) is 19.9 Å². The highest BCUT2D eigenvalue weighted by Gasteiger charge is 2.19. The molecule has 6 nitrogen and oxygen atoms in total. The number of morpholine rings is 1. The minimum absolute atomic E-state index is 0.713. The number of rotatable bonds is 2. The first-order valence-corrected chi connectivity index (χ1v) is 7.37. The third-order valence-electron chi connectivity index (χ3n) is 3.32. The van der Waals surface area contributed by atoms with E-state index in [1.165, 1.54) is 0 Å². The van der Waals surface area contributed by atoms with Gasteiger partial charge in [-0.3, -0.25) is 0 Å². The van der Waals surface area contributed by atoms with Gasteiger partial charge in [-0.1, -0.05) is 6.07 Å². The van der Waals surface area contributed by atoms with Crippen LogP contribution >= 0.6 is 11.3 Å². The van der Waals surface area contributed by atoms with Crippen molar-refractivity contribution in [3.63, 3.8) is 0 Å². The number of hydrogen-bond donors (Lipinski definition) is 1. The van der Waals surface area contributed by atoms with Crippen molar-refractivity contribution in [3.05, 3.63) is 23.8 Å². The van der Waals surface area contributed by atoms with Crippen LogP contribution in [0.25, 0.3) is 21.9 Å². The molecule has 0 aromatic carbocycles. The van der Waals surface area contributed by atoms with E-state index in [0.717, 1.165) is 48.3 Å². The lowest BCUT2D eigenvalue weighted by Crippen LogP contribution is -2.37. The van der Waals surface area contributed by atoms with Gasteiger partial charge in [0.25, 0.3) is 0 Å². The summed E-state index contributed by atoms with van der Waals surface area (Å²) in [5, 5.41) is 2.03. The number of imidazole rings is 1. The standard InChI is InChI=1S/C13H13N5OS/c1-2-9(20-7-1)11-16-12-10(14-8-15-12)13(17-11)18-3-5-19-6-4-18/h1-2,7-8H,3-6H2,(H,14,15,16,17). The smallest absolute Gasteiger partial charge is 0.183 e. The molecule has 0 atom stereocenters. The average Bonchev–Trinajstić information content (AvgIpc) is 3.18. The number of nitrogens with zero attached hydrogens (tertiary/aromatic N) is 4. The molecule has 0 saturated carbocycles. The van der Waals surface area contributed by atoms with Gasteiger partial charge in [0.05, 0.1) is 24.4 Å². The first-order chi connectivity index (χ1) is 9.92. The molecule has 1 aliphatic heterocycles. The molecule has 4 rings (SSSR count). The lowest BCUT2D eigenvalue weighted by Gasteiger charge is -2.28. The Balaban J connectivity index is 1.86. The third-order valence-corrected chi connectivity index (χ3v) is 4.18. The van der Waals surface area contributed by atoms with Crippen molar-refractivity contribution in [1.82, 2.24) is 19.9 Å². The fourth-order valence-corrected chi connectivity index (χ4v) is 3.00. The van der Waals surface area contributed by atoms with Gasteiger partial charge in [0.1, 0.15) is 5.52 Å². The predicted molar refractivity (Wildman–Crippen MR) is 78.0 cm³/mol. The number of fused-ring (bicyclic) bond motifs is 1. The summed E-state index contributed by atoms with van der Waals surface area (Å²) in [5.41, 5.74) is 1.61. The summed E-state index contributed by atoms with van der Waals surface area (Å²) in [5.74, 6) is 1.65. The van der Waals surface area contributed by atoms with Crippen molar-refractivity contribution < 1.29 is 4.74 Å². The van der Waals surface area contributed by atoms with Crippen molar-refractivity contribution in [2.75, 3.05) is 31.2 Å². The van der Waals surface area contributed by atoms with E-state index in [9.17, 15) is 0 Å². The highest BCUT2D eigenvalue weighted by molar-refractivity contribution is 7.13. The normalized spacial score (nSPS) is 15.9. The van der Waals surface area contributed by atoms with E-state index >= 15 is 0 Å². The molecule has 1 aliphatic rings. The van der Waals surface area contributed by atoms with Crippen LogP contribution in [0.15, 0.2) is 23.8 Å². The van der Waals surface area contributed by atoms with Crippen molar-refractivity contribution in [1.29, 1.82) is 0 Å². The Kier molecular flexibility index (Phi) is 2.86. The number of thiophene rings is 1. The number of ether oxygens (including phenoxy) is 1. The molecule has 0 unspecified atom stereocenters. The quantitative estimate of drug-likeness (QED) is 0.780. The van der Waals surface area contributed by atoms with Crippen LogP contribution in [-0.4, -0.2) is 46.2 Å². The second-order valence-corrected chi connectivity index (χ2v) is 5.50. The zero-order chi connectivity index (χ0) is 13.4. The van der Waals surface area contributed by atoms with Gasteiger partial charge in [-0.2, -0.15) is 0 Å². The average molecular weight is 287 g/mol. The van der Waals surface area contributed by atoms with Crippen LogP contribution in [0.4, 0.5) is 5.82 Å². The zero-order valence-corrected chi connectivity index (χ0v) is 11.6. The minimum Gasteiger partial charge on any atom is -0.378 e. The van der Waals surface area contributed by atoms with Crippen molar-refractivity contribution in [3.8, 4) is 10.7 Å². The fraction of sp³-hybridized carbons (Fsp3) is 0.308. The topological polar surface area (TPSA) is 66.9 Å². The van der Waals surface area contributed by atoms with Gasteiger partial charge in [-0.15, -0.1) is 11.3 Å². The Morgan fingerprint density at radius 2 is 2.15 bits per heavy atom. The fourth-order valence-electron chi connectivity index (χ4n) is 2.34. The predicted octanol–water partition coefficient (Wildman–Crippen LogP) is 1.92. The number of aromatic amines is 1. The number of H-pyrrole nitrogens is 1. The van der Waals surface area contributed by atoms with Gasteiger partial charge in [-0.25, -0.2) is 15.0 Å². The van der Waals surface area contributed by atoms with E-state index in [4.69, 9.17) is 9.72 Å². The summed E-state index contributed by atoms with van der Waals surface area (Å²) in [6.45, 7) is 3.14. The molecule has 102 valence electrons. The zero-order valence-electron chi connectivity index (χ0n) is 10.7. The Morgan fingerprint density at radius 1 is 1.25 bits per heavy atom.